The number of carbonyl (C=O) groups excluding carboxylic acids is 1. The van der Waals surface area contributed by atoms with Crippen LogP contribution in [-0.4, -0.2) is 20.4 Å². The van der Waals surface area contributed by atoms with Crippen molar-refractivity contribution < 1.29 is 4.79 Å². The molecule has 172 valence electrons. The lowest BCUT2D eigenvalue weighted by Gasteiger charge is -2.14. The van der Waals surface area contributed by atoms with Gasteiger partial charge in [-0.05, 0) is 68.0 Å². The van der Waals surface area contributed by atoms with Gasteiger partial charge in [-0.1, -0.05) is 12.1 Å². The van der Waals surface area contributed by atoms with Crippen molar-refractivity contribution in [3.63, 3.8) is 0 Å². The second-order valence-corrected chi connectivity index (χ2v) is 9.59. The van der Waals surface area contributed by atoms with Gasteiger partial charge >= 0.3 is 0 Å². The minimum absolute atomic E-state index is 0.0897. The zero-order valence-corrected chi connectivity index (χ0v) is 19.9. The van der Waals surface area contributed by atoms with Crippen molar-refractivity contribution in [2.24, 2.45) is 7.05 Å². The highest BCUT2D eigenvalue weighted by atomic mass is 32.1. The highest BCUT2D eigenvalue weighted by Crippen LogP contribution is 2.32. The first kappa shape index (κ1) is 22.0. The number of aryl methyl sites for hydroxylation is 3. The third-order valence-corrected chi connectivity index (χ3v) is 7.33. The zero-order chi connectivity index (χ0) is 23.7. The fraction of sp³-hybridized carbons (Fsp3) is 0.231. The summed E-state index contributed by atoms with van der Waals surface area (Å²) in [6.45, 7) is 1.95. The molecule has 0 unspecified atom stereocenters. The van der Waals surface area contributed by atoms with Crippen LogP contribution < -0.4 is 16.2 Å². The van der Waals surface area contributed by atoms with Crippen molar-refractivity contribution in [1.82, 2.24) is 14.5 Å². The van der Waals surface area contributed by atoms with Crippen LogP contribution in [0.4, 0.5) is 17.2 Å². The Morgan fingerprint density at radius 3 is 2.71 bits per heavy atom. The topological polar surface area (TPSA) is 88.9 Å². The van der Waals surface area contributed by atoms with E-state index >= 15 is 0 Å². The Morgan fingerprint density at radius 1 is 1.12 bits per heavy atom. The third kappa shape index (κ3) is 4.36. The maximum atomic E-state index is 13.0. The van der Waals surface area contributed by atoms with Crippen molar-refractivity contribution in [2.45, 2.75) is 32.6 Å². The number of rotatable bonds is 5. The Hall–Kier alpha value is -3.78. The van der Waals surface area contributed by atoms with E-state index < -0.39 is 0 Å². The van der Waals surface area contributed by atoms with E-state index in [1.54, 1.807) is 49.1 Å². The smallest absolute Gasteiger partial charge is 0.293 e. The summed E-state index contributed by atoms with van der Waals surface area (Å²) >= 11 is 1.60. The minimum atomic E-state index is -0.232. The number of hydrogen-bond donors (Lipinski definition) is 2. The summed E-state index contributed by atoms with van der Waals surface area (Å²) in [5.74, 6) is 0.136. The van der Waals surface area contributed by atoms with Crippen LogP contribution in [0, 0.1) is 6.92 Å². The molecule has 8 heteroatoms. The van der Waals surface area contributed by atoms with E-state index in [9.17, 15) is 9.59 Å². The van der Waals surface area contributed by atoms with Crippen molar-refractivity contribution in [3.8, 4) is 11.3 Å². The number of aromatic nitrogens is 3. The van der Waals surface area contributed by atoms with Crippen molar-refractivity contribution in [1.29, 1.82) is 0 Å². The Bertz CT molecular complexity index is 1400. The monoisotopic (exact) mass is 471 g/mol. The number of pyridine rings is 1. The number of benzene rings is 1. The summed E-state index contributed by atoms with van der Waals surface area (Å²) in [6, 6.07) is 11.3. The molecule has 3 aromatic heterocycles. The Morgan fingerprint density at radius 2 is 1.91 bits per heavy atom. The molecule has 0 bridgehead atoms. The van der Waals surface area contributed by atoms with Crippen molar-refractivity contribution in [3.05, 3.63) is 86.2 Å². The standard InChI is InChI=1S/C26H25N5O2S/c1-16-19(21-15-31(2)26(33)24(29-21)28-18-10-12-27-13-11-18)7-5-8-20(16)30-25(32)23-14-17-6-3-4-9-22(17)34-23/h5,7-8,10-15H,3-4,6,9H2,1-2H3,(H,30,32)(H,27,28,29). The van der Waals surface area contributed by atoms with Gasteiger partial charge in [0.05, 0.1) is 10.6 Å². The third-order valence-electron chi connectivity index (χ3n) is 6.09. The van der Waals surface area contributed by atoms with Crippen molar-refractivity contribution in [2.75, 3.05) is 10.6 Å². The molecule has 1 aliphatic rings. The molecule has 0 saturated carbocycles. The van der Waals surface area contributed by atoms with Crippen LogP contribution in [-0.2, 0) is 19.9 Å². The Kier molecular flexibility index (Phi) is 5.98. The number of hydrogen-bond acceptors (Lipinski definition) is 6. The number of fused-ring (bicyclic) bond motifs is 1. The SMILES string of the molecule is Cc1c(NC(=O)c2cc3c(s2)CCCC3)cccc1-c1cn(C)c(=O)c(Nc2ccncc2)n1. The molecule has 0 fully saturated rings. The van der Waals surface area contributed by atoms with Crippen LogP contribution in [0.5, 0.6) is 0 Å². The summed E-state index contributed by atoms with van der Waals surface area (Å²) in [7, 11) is 1.70. The molecule has 3 heterocycles. The van der Waals surface area contributed by atoms with Gasteiger partial charge in [-0.2, -0.15) is 0 Å². The molecule has 0 radical (unpaired) electrons. The van der Waals surface area contributed by atoms with E-state index in [2.05, 4.69) is 20.6 Å². The maximum Gasteiger partial charge on any atom is 0.293 e. The predicted octanol–water partition coefficient (Wildman–Crippen LogP) is 5.09. The van der Waals surface area contributed by atoms with Gasteiger partial charge in [0, 0.05) is 47.5 Å². The largest absolute Gasteiger partial charge is 0.335 e. The van der Waals surface area contributed by atoms with Gasteiger partial charge < -0.3 is 15.2 Å². The zero-order valence-electron chi connectivity index (χ0n) is 19.1. The van der Waals surface area contributed by atoms with E-state index in [0.29, 0.717) is 5.69 Å². The van der Waals surface area contributed by atoms with E-state index in [1.807, 2.05) is 31.2 Å². The molecule has 0 spiro atoms. The number of thiophene rings is 1. The number of amides is 1. The number of carbonyl (C=O) groups is 1. The number of anilines is 3. The van der Waals surface area contributed by atoms with Gasteiger partial charge in [0.1, 0.15) is 0 Å². The fourth-order valence-corrected chi connectivity index (χ4v) is 5.37. The molecule has 0 saturated heterocycles. The average molecular weight is 472 g/mol. The van der Waals surface area contributed by atoms with Gasteiger partial charge in [-0.3, -0.25) is 14.6 Å². The average Bonchev–Trinajstić information content (AvgIpc) is 3.28. The quantitative estimate of drug-likeness (QED) is 0.423. The second kappa shape index (κ2) is 9.23. The van der Waals surface area contributed by atoms with Gasteiger partial charge in [-0.25, -0.2) is 4.98 Å². The molecule has 0 aliphatic heterocycles. The fourth-order valence-electron chi connectivity index (χ4n) is 4.22. The lowest BCUT2D eigenvalue weighted by molar-refractivity contribution is 0.103. The van der Waals surface area contributed by atoms with Crippen LogP contribution >= 0.6 is 11.3 Å². The molecule has 34 heavy (non-hydrogen) atoms. The molecule has 1 aromatic carbocycles. The molecule has 7 nitrogen and oxygen atoms in total. The van der Waals surface area contributed by atoms with Gasteiger partial charge in [-0.15, -0.1) is 11.3 Å². The number of nitrogens with zero attached hydrogens (tertiary/aromatic N) is 3. The summed E-state index contributed by atoms with van der Waals surface area (Å²) in [5, 5.41) is 6.16. The molecule has 1 amide bonds. The predicted molar refractivity (Wildman–Crippen MR) is 136 cm³/mol. The summed E-state index contributed by atoms with van der Waals surface area (Å²) in [5.41, 5.74) is 4.91. The lowest BCUT2D eigenvalue weighted by atomic mass is 9.99. The highest BCUT2D eigenvalue weighted by molar-refractivity contribution is 7.14. The van der Waals surface area contributed by atoms with Gasteiger partial charge in [0.15, 0.2) is 5.82 Å². The van der Waals surface area contributed by atoms with Gasteiger partial charge in [0.2, 0.25) is 0 Å². The Balaban J connectivity index is 1.45. The van der Waals surface area contributed by atoms with Crippen LogP contribution in [0.25, 0.3) is 11.3 Å². The van der Waals surface area contributed by atoms with E-state index in [1.165, 1.54) is 27.8 Å². The summed E-state index contributed by atoms with van der Waals surface area (Å²) in [4.78, 5) is 36.4. The Labute approximate surface area is 201 Å². The maximum absolute atomic E-state index is 13.0. The lowest BCUT2D eigenvalue weighted by Crippen LogP contribution is -2.21. The molecule has 4 aromatic rings. The molecule has 5 rings (SSSR count). The normalized spacial score (nSPS) is 12.8. The molecular formula is C26H25N5O2S. The first-order valence-corrected chi connectivity index (χ1v) is 12.1. The molecule has 0 atom stereocenters. The van der Waals surface area contributed by atoms with E-state index in [4.69, 9.17) is 0 Å². The molecule has 1 aliphatic carbocycles. The van der Waals surface area contributed by atoms with Gasteiger partial charge in [0.25, 0.3) is 11.5 Å². The first-order chi connectivity index (χ1) is 16.5. The molecule has 2 N–H and O–H groups in total. The highest BCUT2D eigenvalue weighted by Gasteiger charge is 2.19. The van der Waals surface area contributed by atoms with E-state index in [-0.39, 0.29) is 17.3 Å². The van der Waals surface area contributed by atoms with Crippen LogP contribution in [0.2, 0.25) is 0 Å². The van der Waals surface area contributed by atoms with Crippen LogP contribution in [0.1, 0.15) is 38.5 Å². The van der Waals surface area contributed by atoms with Crippen molar-refractivity contribution >= 4 is 34.4 Å². The van der Waals surface area contributed by atoms with Crippen LogP contribution in [0.3, 0.4) is 0 Å². The minimum Gasteiger partial charge on any atom is -0.335 e. The summed E-state index contributed by atoms with van der Waals surface area (Å²) in [6.07, 6.45) is 9.52. The van der Waals surface area contributed by atoms with E-state index in [0.717, 1.165) is 40.2 Å². The molecular weight excluding hydrogens is 446 g/mol. The summed E-state index contributed by atoms with van der Waals surface area (Å²) < 4.78 is 1.51. The second-order valence-electron chi connectivity index (χ2n) is 8.45. The number of nitrogens with one attached hydrogen (secondary N) is 2. The first-order valence-electron chi connectivity index (χ1n) is 11.3. The van der Waals surface area contributed by atoms with Crippen LogP contribution in [0.15, 0.2) is 59.8 Å².